The molecule has 0 radical (unpaired) electrons. The van der Waals surface area contributed by atoms with Gasteiger partial charge in [0.05, 0.1) is 4.92 Å². The van der Waals surface area contributed by atoms with Crippen LogP contribution in [0.3, 0.4) is 0 Å². The Kier molecular flexibility index (Phi) is 5.20. The van der Waals surface area contributed by atoms with Crippen molar-refractivity contribution < 1.29 is 14.8 Å². The highest BCUT2D eigenvalue weighted by Gasteiger charge is 2.33. The largest absolute Gasteiger partial charge is 0.480 e. The zero-order chi connectivity index (χ0) is 15.4. The average molecular weight is 303 g/mol. The Morgan fingerprint density at radius 1 is 1.60 bits per heavy atom. The Bertz CT molecular complexity index is 523. The predicted octanol–water partition coefficient (Wildman–Crippen LogP) is 2.12. The molecule has 8 nitrogen and oxygen atoms in total. The van der Waals surface area contributed by atoms with Gasteiger partial charge in [-0.3, -0.25) is 10.1 Å². The van der Waals surface area contributed by atoms with E-state index in [2.05, 4.69) is 9.97 Å². The van der Waals surface area contributed by atoms with Gasteiger partial charge in [-0.25, -0.2) is 9.78 Å². The summed E-state index contributed by atoms with van der Waals surface area (Å²) in [5, 5.41) is 20.1. The molecule has 1 atom stereocenters. The van der Waals surface area contributed by atoms with Crippen LogP contribution < -0.4 is 4.90 Å². The predicted molar refractivity (Wildman–Crippen MR) is 73.0 cm³/mol. The molecule has 0 bridgehead atoms. The molecule has 0 amide bonds. The van der Waals surface area contributed by atoms with Gasteiger partial charge in [-0.15, -0.1) is 0 Å². The molecule has 20 heavy (non-hydrogen) atoms. The quantitative estimate of drug-likeness (QED) is 0.487. The fraction of sp³-hybridized carbons (Fsp3) is 0.545. The summed E-state index contributed by atoms with van der Waals surface area (Å²) < 4.78 is 0. The van der Waals surface area contributed by atoms with Crippen molar-refractivity contribution in [2.24, 2.45) is 0 Å². The maximum Gasteiger partial charge on any atom is 0.329 e. The van der Waals surface area contributed by atoms with Crippen LogP contribution in [0.1, 0.15) is 27.2 Å². The first kappa shape index (κ1) is 16.1. The summed E-state index contributed by atoms with van der Waals surface area (Å²) in [6.45, 7) is 5.14. The first-order chi connectivity index (χ1) is 9.29. The molecule has 1 rings (SSSR count). The second-order valence-corrected chi connectivity index (χ2v) is 4.71. The van der Waals surface area contributed by atoms with E-state index in [4.69, 9.17) is 11.6 Å². The molecule has 1 aromatic rings. The highest BCUT2D eigenvalue weighted by atomic mass is 35.5. The molecule has 1 aromatic heterocycles. The van der Waals surface area contributed by atoms with Crippen molar-refractivity contribution in [3.63, 3.8) is 0 Å². The third-order valence-corrected chi connectivity index (χ3v) is 2.91. The lowest BCUT2D eigenvalue weighted by molar-refractivity contribution is -0.384. The number of aromatic nitrogens is 2. The van der Waals surface area contributed by atoms with E-state index in [0.29, 0.717) is 0 Å². The van der Waals surface area contributed by atoms with Crippen molar-refractivity contribution >= 4 is 29.1 Å². The number of aliphatic carboxylic acids is 1. The Labute approximate surface area is 120 Å². The molecule has 1 N–H and O–H groups in total. The lowest BCUT2D eigenvalue weighted by atomic mass is 10.1. The van der Waals surface area contributed by atoms with Gasteiger partial charge in [0, 0.05) is 6.04 Å². The number of nitrogens with zero attached hydrogens (tertiary/aromatic N) is 4. The summed E-state index contributed by atoms with van der Waals surface area (Å²) >= 11 is 5.68. The van der Waals surface area contributed by atoms with Gasteiger partial charge in [-0.2, -0.15) is 4.98 Å². The second-order valence-electron chi connectivity index (χ2n) is 4.37. The van der Waals surface area contributed by atoms with E-state index in [1.54, 1.807) is 20.8 Å². The minimum Gasteiger partial charge on any atom is -0.480 e. The fourth-order valence-corrected chi connectivity index (χ4v) is 2.04. The van der Waals surface area contributed by atoms with Gasteiger partial charge in [-0.05, 0) is 31.9 Å². The molecule has 0 saturated carbocycles. The topological polar surface area (TPSA) is 109 Å². The van der Waals surface area contributed by atoms with Gasteiger partial charge in [0.2, 0.25) is 11.1 Å². The van der Waals surface area contributed by atoms with Crippen LogP contribution in [0.25, 0.3) is 0 Å². The van der Waals surface area contributed by atoms with Gasteiger partial charge < -0.3 is 10.0 Å². The number of carboxylic acids is 1. The molecule has 0 saturated heterocycles. The Hall–Kier alpha value is -1.96. The molecule has 110 valence electrons. The molecule has 0 aliphatic rings. The van der Waals surface area contributed by atoms with Gasteiger partial charge in [-0.1, -0.05) is 6.92 Å². The first-order valence-corrected chi connectivity index (χ1v) is 6.35. The Morgan fingerprint density at radius 2 is 2.20 bits per heavy atom. The van der Waals surface area contributed by atoms with Crippen molar-refractivity contribution in [2.45, 2.75) is 39.3 Å². The van der Waals surface area contributed by atoms with Crippen LogP contribution in [0, 0.1) is 10.1 Å². The number of carboxylic acid groups (broad SMARTS) is 1. The normalized spacial score (nSPS) is 12.2. The van der Waals surface area contributed by atoms with E-state index >= 15 is 0 Å². The number of hydrogen-bond donors (Lipinski definition) is 1. The average Bonchev–Trinajstić information content (AvgIpc) is 2.34. The van der Waals surface area contributed by atoms with E-state index in [9.17, 15) is 20.0 Å². The van der Waals surface area contributed by atoms with E-state index in [0.717, 1.165) is 6.20 Å². The summed E-state index contributed by atoms with van der Waals surface area (Å²) in [5.41, 5.74) is -0.372. The van der Waals surface area contributed by atoms with E-state index in [1.807, 2.05) is 0 Å². The summed E-state index contributed by atoms with van der Waals surface area (Å²) in [7, 11) is 0. The molecule has 0 spiro atoms. The lowest BCUT2D eigenvalue weighted by Gasteiger charge is -2.32. The van der Waals surface area contributed by atoms with Crippen LogP contribution in [0.15, 0.2) is 6.20 Å². The van der Waals surface area contributed by atoms with E-state index in [-0.39, 0.29) is 29.3 Å². The summed E-state index contributed by atoms with van der Waals surface area (Å²) in [6, 6.07) is -1.24. The Morgan fingerprint density at radius 3 is 2.60 bits per heavy atom. The first-order valence-electron chi connectivity index (χ1n) is 5.97. The van der Waals surface area contributed by atoms with Crippen molar-refractivity contribution in [1.82, 2.24) is 9.97 Å². The summed E-state index contributed by atoms with van der Waals surface area (Å²) in [5.74, 6) is -1.16. The molecule has 0 fully saturated rings. The van der Waals surface area contributed by atoms with Crippen LogP contribution in [0.5, 0.6) is 0 Å². The number of halogens is 1. The standard InChI is InChI=1S/C11H15ClN4O4/c1-4-7(10(17)18)15(6(2)3)9-8(16(19)20)5-13-11(12)14-9/h5-7H,4H2,1-3H3,(H,17,18). The third kappa shape index (κ3) is 3.32. The number of nitro groups is 1. The van der Waals surface area contributed by atoms with Gasteiger partial charge in [0.15, 0.2) is 0 Å². The molecule has 1 unspecified atom stereocenters. The molecular formula is C11H15ClN4O4. The molecule has 1 heterocycles. The molecule has 0 aliphatic heterocycles. The van der Waals surface area contributed by atoms with Gasteiger partial charge in [0.1, 0.15) is 12.2 Å². The lowest BCUT2D eigenvalue weighted by Crippen LogP contribution is -2.46. The highest BCUT2D eigenvalue weighted by molar-refractivity contribution is 6.28. The van der Waals surface area contributed by atoms with E-state index in [1.165, 1.54) is 4.90 Å². The van der Waals surface area contributed by atoms with Crippen molar-refractivity contribution in [1.29, 1.82) is 0 Å². The number of anilines is 1. The molecule has 0 aromatic carbocycles. The van der Waals surface area contributed by atoms with Crippen molar-refractivity contribution in [2.75, 3.05) is 4.90 Å². The maximum absolute atomic E-state index is 11.3. The SMILES string of the molecule is CCC(C(=O)O)N(c1nc(Cl)ncc1[N+](=O)[O-])C(C)C. The summed E-state index contributed by atoms with van der Waals surface area (Å²) in [6.07, 6.45) is 1.25. The van der Waals surface area contributed by atoms with Crippen LogP contribution in [0.4, 0.5) is 11.5 Å². The molecular weight excluding hydrogens is 288 g/mol. The van der Waals surface area contributed by atoms with Crippen LogP contribution in [0.2, 0.25) is 5.28 Å². The second kappa shape index (κ2) is 6.47. The zero-order valence-electron chi connectivity index (χ0n) is 11.3. The van der Waals surface area contributed by atoms with Crippen LogP contribution >= 0.6 is 11.6 Å². The smallest absolute Gasteiger partial charge is 0.329 e. The monoisotopic (exact) mass is 302 g/mol. The third-order valence-electron chi connectivity index (χ3n) is 2.73. The Balaban J connectivity index is 3.45. The minimum absolute atomic E-state index is 0.0840. The molecule has 0 aliphatic carbocycles. The minimum atomic E-state index is -1.08. The molecule has 9 heteroatoms. The summed E-state index contributed by atoms with van der Waals surface area (Å²) in [4.78, 5) is 30.5. The van der Waals surface area contributed by atoms with Crippen LogP contribution in [-0.2, 0) is 4.79 Å². The van der Waals surface area contributed by atoms with Gasteiger partial charge >= 0.3 is 11.7 Å². The number of carbonyl (C=O) groups is 1. The van der Waals surface area contributed by atoms with Crippen molar-refractivity contribution in [3.8, 4) is 0 Å². The number of rotatable bonds is 6. The highest BCUT2D eigenvalue weighted by Crippen LogP contribution is 2.30. The van der Waals surface area contributed by atoms with Crippen molar-refractivity contribution in [3.05, 3.63) is 21.6 Å². The van der Waals surface area contributed by atoms with Crippen LogP contribution in [-0.4, -0.2) is 38.1 Å². The number of hydrogen-bond acceptors (Lipinski definition) is 6. The van der Waals surface area contributed by atoms with E-state index < -0.39 is 16.9 Å². The zero-order valence-corrected chi connectivity index (χ0v) is 12.0. The maximum atomic E-state index is 11.3. The fourth-order valence-electron chi connectivity index (χ4n) is 1.91. The van der Waals surface area contributed by atoms with Gasteiger partial charge in [0.25, 0.3) is 0 Å².